The van der Waals surface area contributed by atoms with Crippen molar-refractivity contribution in [3.8, 4) is 11.3 Å². The summed E-state index contributed by atoms with van der Waals surface area (Å²) < 4.78 is 39.4. The minimum atomic E-state index is -3.49. The molecule has 2 aromatic carbocycles. The Morgan fingerprint density at radius 2 is 1.62 bits per heavy atom. The quantitative estimate of drug-likeness (QED) is 0.634. The van der Waals surface area contributed by atoms with E-state index in [9.17, 15) is 12.8 Å². The maximum Gasteiger partial charge on any atom is 0.243 e. The highest BCUT2D eigenvalue weighted by atomic mass is 32.2. The molecule has 0 aliphatic rings. The second-order valence-electron chi connectivity index (χ2n) is 6.92. The van der Waals surface area contributed by atoms with Gasteiger partial charge in [-0.1, -0.05) is 12.1 Å². The number of halogens is 1. The summed E-state index contributed by atoms with van der Waals surface area (Å²) in [6, 6.07) is 16.3. The first-order chi connectivity index (χ1) is 13.8. The van der Waals surface area contributed by atoms with E-state index in [4.69, 9.17) is 0 Å². The minimum Gasteiger partial charge on any atom is -0.365 e. The zero-order valence-electron chi connectivity index (χ0n) is 16.5. The van der Waals surface area contributed by atoms with Gasteiger partial charge in [0, 0.05) is 25.2 Å². The molecule has 1 N–H and O–H groups in total. The van der Waals surface area contributed by atoms with E-state index in [0.29, 0.717) is 18.1 Å². The van der Waals surface area contributed by atoms with E-state index in [1.807, 2.05) is 13.8 Å². The van der Waals surface area contributed by atoms with Gasteiger partial charge in [-0.15, -0.1) is 10.2 Å². The molecule has 1 aromatic heterocycles. The highest BCUT2D eigenvalue weighted by Crippen LogP contribution is 2.19. The van der Waals surface area contributed by atoms with Crippen LogP contribution in [0.1, 0.15) is 19.4 Å². The molecule has 0 amide bonds. The van der Waals surface area contributed by atoms with Crippen molar-refractivity contribution < 1.29 is 12.8 Å². The van der Waals surface area contributed by atoms with Gasteiger partial charge in [-0.3, -0.25) is 0 Å². The van der Waals surface area contributed by atoms with Gasteiger partial charge in [0.1, 0.15) is 11.6 Å². The van der Waals surface area contributed by atoms with Crippen molar-refractivity contribution in [3.05, 3.63) is 72.0 Å². The van der Waals surface area contributed by atoms with Gasteiger partial charge in [-0.05, 0) is 67.9 Å². The Bertz CT molecular complexity index is 1050. The van der Waals surface area contributed by atoms with Crippen LogP contribution in [-0.2, 0) is 16.6 Å². The second kappa shape index (κ2) is 8.67. The van der Waals surface area contributed by atoms with E-state index in [2.05, 4.69) is 15.5 Å². The van der Waals surface area contributed by atoms with E-state index in [1.54, 1.807) is 55.6 Å². The lowest BCUT2D eigenvalue weighted by molar-refractivity contribution is 0.410. The molecule has 0 bridgehead atoms. The van der Waals surface area contributed by atoms with Gasteiger partial charge >= 0.3 is 0 Å². The zero-order valence-corrected chi connectivity index (χ0v) is 17.3. The van der Waals surface area contributed by atoms with Crippen molar-refractivity contribution in [1.82, 2.24) is 14.5 Å². The van der Waals surface area contributed by atoms with Crippen molar-refractivity contribution in [2.75, 3.05) is 12.4 Å². The predicted molar refractivity (Wildman–Crippen MR) is 111 cm³/mol. The number of nitrogens with one attached hydrogen (secondary N) is 1. The SMILES string of the molecule is CC(C)N(C)S(=O)(=O)c1ccc(CNc2ccc(-c3ccc(F)cc3)nn2)cc1. The Kier molecular flexibility index (Phi) is 6.24. The molecule has 0 aliphatic carbocycles. The largest absolute Gasteiger partial charge is 0.365 e. The van der Waals surface area contributed by atoms with Crippen LogP contribution in [0.25, 0.3) is 11.3 Å². The van der Waals surface area contributed by atoms with Gasteiger partial charge in [0.15, 0.2) is 0 Å². The normalized spacial score (nSPS) is 11.8. The van der Waals surface area contributed by atoms with E-state index in [-0.39, 0.29) is 16.8 Å². The summed E-state index contributed by atoms with van der Waals surface area (Å²) in [7, 11) is -1.92. The third-order valence-corrected chi connectivity index (χ3v) is 6.65. The Balaban J connectivity index is 1.64. The summed E-state index contributed by atoms with van der Waals surface area (Å²) in [5, 5.41) is 11.4. The Labute approximate surface area is 170 Å². The van der Waals surface area contributed by atoms with Gasteiger partial charge in [-0.2, -0.15) is 4.31 Å². The molecule has 29 heavy (non-hydrogen) atoms. The monoisotopic (exact) mass is 414 g/mol. The molecule has 1 heterocycles. The van der Waals surface area contributed by atoms with E-state index >= 15 is 0 Å². The van der Waals surface area contributed by atoms with Crippen molar-refractivity contribution in [2.45, 2.75) is 31.3 Å². The fourth-order valence-electron chi connectivity index (χ4n) is 2.62. The fourth-order valence-corrected chi connectivity index (χ4v) is 3.98. The van der Waals surface area contributed by atoms with Crippen LogP contribution < -0.4 is 5.32 Å². The first-order valence-electron chi connectivity index (χ1n) is 9.18. The molecule has 0 unspecified atom stereocenters. The fraction of sp³-hybridized carbons (Fsp3) is 0.238. The number of hydrogen-bond donors (Lipinski definition) is 1. The topological polar surface area (TPSA) is 75.2 Å². The summed E-state index contributed by atoms with van der Waals surface area (Å²) in [5.41, 5.74) is 2.36. The molecular formula is C21H23FN4O2S. The molecule has 6 nitrogen and oxygen atoms in total. The third kappa shape index (κ3) is 4.96. The second-order valence-corrected chi connectivity index (χ2v) is 8.92. The van der Waals surface area contributed by atoms with Crippen LogP contribution in [0.15, 0.2) is 65.6 Å². The highest BCUT2D eigenvalue weighted by molar-refractivity contribution is 7.89. The molecule has 0 aliphatic heterocycles. The number of sulfonamides is 1. The van der Waals surface area contributed by atoms with Crippen molar-refractivity contribution >= 4 is 15.8 Å². The van der Waals surface area contributed by atoms with Crippen molar-refractivity contribution in [3.63, 3.8) is 0 Å². The summed E-state index contributed by atoms with van der Waals surface area (Å²) in [4.78, 5) is 0.265. The molecule has 0 fully saturated rings. The lowest BCUT2D eigenvalue weighted by Gasteiger charge is -2.21. The van der Waals surface area contributed by atoms with Crippen LogP contribution in [0.3, 0.4) is 0 Å². The van der Waals surface area contributed by atoms with Crippen molar-refractivity contribution in [2.24, 2.45) is 0 Å². The summed E-state index contributed by atoms with van der Waals surface area (Å²) in [6.07, 6.45) is 0. The summed E-state index contributed by atoms with van der Waals surface area (Å²) >= 11 is 0. The van der Waals surface area contributed by atoms with Gasteiger partial charge < -0.3 is 5.32 Å². The van der Waals surface area contributed by atoms with E-state index < -0.39 is 10.0 Å². The van der Waals surface area contributed by atoms with Gasteiger partial charge in [-0.25, -0.2) is 12.8 Å². The van der Waals surface area contributed by atoms with Crippen LogP contribution >= 0.6 is 0 Å². The number of rotatable bonds is 7. The van der Waals surface area contributed by atoms with Crippen LogP contribution in [0.2, 0.25) is 0 Å². The van der Waals surface area contributed by atoms with Crippen LogP contribution in [0.5, 0.6) is 0 Å². The predicted octanol–water partition coefficient (Wildman–Crippen LogP) is 3.92. The molecule has 0 atom stereocenters. The highest BCUT2D eigenvalue weighted by Gasteiger charge is 2.22. The summed E-state index contributed by atoms with van der Waals surface area (Å²) in [6.45, 7) is 4.14. The third-order valence-electron chi connectivity index (χ3n) is 4.61. The molecule has 8 heteroatoms. The molecule has 0 radical (unpaired) electrons. The van der Waals surface area contributed by atoms with E-state index in [1.165, 1.54) is 16.4 Å². The molecule has 0 saturated heterocycles. The van der Waals surface area contributed by atoms with Gasteiger partial charge in [0.2, 0.25) is 10.0 Å². The standard InChI is InChI=1S/C21H23FN4O2S/c1-15(2)26(3)29(27,28)19-10-4-16(5-11-19)14-23-21-13-12-20(24-25-21)17-6-8-18(22)9-7-17/h4-13,15H,14H2,1-3H3,(H,23,25). The Morgan fingerprint density at radius 1 is 0.966 bits per heavy atom. The van der Waals surface area contributed by atoms with E-state index in [0.717, 1.165) is 11.1 Å². The molecule has 0 saturated carbocycles. The van der Waals surface area contributed by atoms with Gasteiger partial charge in [0.25, 0.3) is 0 Å². The number of hydrogen-bond acceptors (Lipinski definition) is 5. The average molecular weight is 415 g/mol. The average Bonchev–Trinajstić information content (AvgIpc) is 2.73. The van der Waals surface area contributed by atoms with Gasteiger partial charge in [0.05, 0.1) is 10.6 Å². The summed E-state index contributed by atoms with van der Waals surface area (Å²) in [5.74, 6) is 0.293. The van der Waals surface area contributed by atoms with Crippen molar-refractivity contribution in [1.29, 1.82) is 0 Å². The van der Waals surface area contributed by atoms with Crippen LogP contribution in [-0.4, -0.2) is 36.0 Å². The number of aromatic nitrogens is 2. The Morgan fingerprint density at radius 3 is 2.17 bits per heavy atom. The lowest BCUT2D eigenvalue weighted by atomic mass is 10.1. The smallest absolute Gasteiger partial charge is 0.243 e. The number of benzene rings is 2. The molecular weight excluding hydrogens is 391 g/mol. The lowest BCUT2D eigenvalue weighted by Crippen LogP contribution is -2.33. The maximum absolute atomic E-state index is 13.0. The first kappa shape index (κ1) is 20.9. The zero-order chi connectivity index (χ0) is 21.0. The first-order valence-corrected chi connectivity index (χ1v) is 10.6. The maximum atomic E-state index is 13.0. The molecule has 0 spiro atoms. The van der Waals surface area contributed by atoms with Crippen LogP contribution in [0.4, 0.5) is 10.2 Å². The molecule has 152 valence electrons. The molecule has 3 aromatic rings. The minimum absolute atomic E-state index is 0.113. The number of nitrogens with zero attached hydrogens (tertiary/aromatic N) is 3. The number of anilines is 1. The van der Waals surface area contributed by atoms with Crippen LogP contribution in [0, 0.1) is 5.82 Å². The Hall–Kier alpha value is -2.84. The molecule has 3 rings (SSSR count).